The number of rotatable bonds is 6. The fourth-order valence-electron chi connectivity index (χ4n) is 2.31. The average Bonchev–Trinajstić information content (AvgIpc) is 2.68. The van der Waals surface area contributed by atoms with E-state index < -0.39 is 5.97 Å². The van der Waals surface area contributed by atoms with Crippen molar-refractivity contribution in [2.75, 3.05) is 7.11 Å². The third-order valence-electron chi connectivity index (χ3n) is 4.15. The van der Waals surface area contributed by atoms with Crippen LogP contribution in [0.4, 0.5) is 0 Å². The van der Waals surface area contributed by atoms with E-state index >= 15 is 0 Å². The van der Waals surface area contributed by atoms with Gasteiger partial charge in [0.25, 0.3) is 0 Å². The average molecular weight is 380 g/mol. The van der Waals surface area contributed by atoms with Gasteiger partial charge >= 0.3 is 5.97 Å². The number of methoxy groups -OCH3 is 1. The van der Waals surface area contributed by atoms with Crippen molar-refractivity contribution in [1.82, 2.24) is 0 Å². The molecule has 0 aliphatic heterocycles. The van der Waals surface area contributed by atoms with Crippen LogP contribution in [0.25, 0.3) is 0 Å². The van der Waals surface area contributed by atoms with Crippen molar-refractivity contribution in [3.8, 4) is 11.5 Å². The van der Waals surface area contributed by atoms with Crippen LogP contribution in [0.15, 0.2) is 72.8 Å². The molecular formula is C24H28O4. The summed E-state index contributed by atoms with van der Waals surface area (Å²) < 4.78 is 10.4. The summed E-state index contributed by atoms with van der Waals surface area (Å²) in [5.41, 5.74) is 3.11. The Balaban J connectivity index is 0.000000696. The van der Waals surface area contributed by atoms with Crippen LogP contribution in [0.5, 0.6) is 11.5 Å². The molecule has 4 nitrogen and oxygen atoms in total. The van der Waals surface area contributed by atoms with Crippen molar-refractivity contribution >= 4 is 12.3 Å². The van der Waals surface area contributed by atoms with E-state index in [1.165, 1.54) is 5.56 Å². The summed E-state index contributed by atoms with van der Waals surface area (Å²) in [6.45, 7) is 14.5. The quantitative estimate of drug-likeness (QED) is 0.297. The molecule has 2 aromatic rings. The van der Waals surface area contributed by atoms with Crippen LogP contribution >= 0.6 is 0 Å². The van der Waals surface area contributed by atoms with Gasteiger partial charge in [0.15, 0.2) is 0 Å². The molecule has 0 amide bonds. The molecule has 4 heteroatoms. The zero-order valence-corrected chi connectivity index (χ0v) is 17.2. The Labute approximate surface area is 167 Å². The Kier molecular flexibility index (Phi) is 8.39. The van der Waals surface area contributed by atoms with E-state index in [1.807, 2.05) is 24.3 Å². The van der Waals surface area contributed by atoms with Gasteiger partial charge < -0.3 is 9.47 Å². The minimum Gasteiger partial charge on any atom is -0.497 e. The Morgan fingerprint density at radius 2 is 1.29 bits per heavy atom. The molecule has 0 saturated heterocycles. The minimum absolute atomic E-state index is 0.164. The van der Waals surface area contributed by atoms with Gasteiger partial charge in [-0.15, -0.1) is 0 Å². The van der Waals surface area contributed by atoms with E-state index in [9.17, 15) is 9.59 Å². The zero-order valence-electron chi connectivity index (χ0n) is 17.2. The van der Waals surface area contributed by atoms with Crippen LogP contribution < -0.4 is 9.47 Å². The number of benzene rings is 2. The summed E-state index contributed by atoms with van der Waals surface area (Å²) in [6.07, 6.45) is 0.722. The number of ether oxygens (including phenoxy) is 2. The predicted molar refractivity (Wildman–Crippen MR) is 113 cm³/mol. The monoisotopic (exact) mass is 380 g/mol. The van der Waals surface area contributed by atoms with E-state index in [2.05, 4.69) is 39.1 Å². The van der Waals surface area contributed by atoms with Crippen LogP contribution in [-0.4, -0.2) is 19.4 Å². The maximum Gasteiger partial charge on any atom is 0.338 e. The first kappa shape index (κ1) is 22.9. The number of aldehydes is 1. The SMILES string of the molecule is C=C(C)C(=O)Oc1ccc(C(C)(C)c2ccc(OC)cc2)cc1.C=C(C)C=O. The Hall–Kier alpha value is -3.14. The first-order chi connectivity index (χ1) is 13.1. The van der Waals surface area contributed by atoms with Gasteiger partial charge in [-0.3, -0.25) is 4.79 Å². The zero-order chi connectivity index (χ0) is 21.3. The summed E-state index contributed by atoms with van der Waals surface area (Å²) in [5.74, 6) is 0.950. The van der Waals surface area contributed by atoms with Crippen LogP contribution in [0.2, 0.25) is 0 Å². The number of allylic oxidation sites excluding steroid dienone is 1. The summed E-state index contributed by atoms with van der Waals surface area (Å²) in [7, 11) is 1.66. The van der Waals surface area contributed by atoms with Crippen molar-refractivity contribution in [2.45, 2.75) is 33.1 Å². The number of hydrogen-bond donors (Lipinski definition) is 0. The van der Waals surface area contributed by atoms with Crippen LogP contribution in [0, 0.1) is 0 Å². The molecule has 0 bridgehead atoms. The predicted octanol–water partition coefficient (Wildman–Crippen LogP) is 5.26. The van der Waals surface area contributed by atoms with Crippen LogP contribution in [0.3, 0.4) is 0 Å². The fraction of sp³-hybridized carbons (Fsp3) is 0.250. The van der Waals surface area contributed by atoms with Crippen molar-refractivity contribution in [2.24, 2.45) is 0 Å². The molecule has 0 unspecified atom stereocenters. The number of carbonyl (C=O) groups excluding carboxylic acids is 2. The fourth-order valence-corrected chi connectivity index (χ4v) is 2.31. The van der Waals surface area contributed by atoms with Gasteiger partial charge in [-0.05, 0) is 54.8 Å². The van der Waals surface area contributed by atoms with Gasteiger partial charge in [0.05, 0.1) is 7.11 Å². The first-order valence-electron chi connectivity index (χ1n) is 8.85. The molecule has 0 aromatic heterocycles. The van der Waals surface area contributed by atoms with Crippen molar-refractivity contribution in [3.63, 3.8) is 0 Å². The molecule has 0 radical (unpaired) electrons. The standard InChI is InChI=1S/C20H22O3.C4H6O/c1-14(2)19(21)23-18-12-8-16(9-13-18)20(3,4)15-6-10-17(22-5)11-7-15;1-4(2)3-5/h6-13H,1H2,2-5H3;3H,1H2,2H3. The third kappa shape index (κ3) is 6.54. The van der Waals surface area contributed by atoms with Gasteiger partial charge in [-0.2, -0.15) is 0 Å². The molecule has 0 heterocycles. The summed E-state index contributed by atoms with van der Waals surface area (Å²) in [4.78, 5) is 20.9. The molecule has 0 atom stereocenters. The highest BCUT2D eigenvalue weighted by Gasteiger charge is 2.23. The lowest BCUT2D eigenvalue weighted by atomic mass is 9.78. The second-order valence-electron chi connectivity index (χ2n) is 7.01. The third-order valence-corrected chi connectivity index (χ3v) is 4.15. The smallest absolute Gasteiger partial charge is 0.338 e. The Morgan fingerprint density at radius 3 is 1.61 bits per heavy atom. The van der Waals surface area contributed by atoms with Gasteiger partial charge in [-0.1, -0.05) is 51.3 Å². The molecule has 0 fully saturated rings. The van der Waals surface area contributed by atoms with E-state index in [1.54, 1.807) is 33.1 Å². The Morgan fingerprint density at radius 1 is 0.893 bits per heavy atom. The molecule has 0 saturated carbocycles. The van der Waals surface area contributed by atoms with Crippen molar-refractivity contribution in [1.29, 1.82) is 0 Å². The minimum atomic E-state index is -0.410. The molecule has 0 spiro atoms. The highest BCUT2D eigenvalue weighted by atomic mass is 16.5. The molecule has 0 N–H and O–H groups in total. The second-order valence-corrected chi connectivity index (χ2v) is 7.01. The van der Waals surface area contributed by atoms with Gasteiger partial charge in [0, 0.05) is 11.0 Å². The number of carbonyl (C=O) groups is 2. The maximum absolute atomic E-state index is 11.5. The highest BCUT2D eigenvalue weighted by Crippen LogP contribution is 2.33. The lowest BCUT2D eigenvalue weighted by Gasteiger charge is -2.26. The summed E-state index contributed by atoms with van der Waals surface area (Å²) >= 11 is 0. The van der Waals surface area contributed by atoms with Gasteiger partial charge in [0.1, 0.15) is 17.8 Å². The molecular weight excluding hydrogens is 352 g/mol. The molecule has 2 rings (SSSR count). The Bertz CT molecular complexity index is 828. The highest BCUT2D eigenvalue weighted by molar-refractivity contribution is 5.88. The lowest BCUT2D eigenvalue weighted by Crippen LogP contribution is -2.18. The summed E-state index contributed by atoms with van der Waals surface area (Å²) in [6, 6.07) is 15.6. The van der Waals surface area contributed by atoms with Crippen molar-refractivity contribution in [3.05, 3.63) is 84.0 Å². The molecule has 0 aliphatic rings. The van der Waals surface area contributed by atoms with Gasteiger partial charge in [0.2, 0.25) is 0 Å². The largest absolute Gasteiger partial charge is 0.497 e. The lowest BCUT2D eigenvalue weighted by molar-refractivity contribution is -0.130. The topological polar surface area (TPSA) is 52.6 Å². The number of esters is 1. The maximum atomic E-state index is 11.5. The molecule has 0 aliphatic carbocycles. The molecule has 148 valence electrons. The van der Waals surface area contributed by atoms with Crippen molar-refractivity contribution < 1.29 is 19.1 Å². The van der Waals surface area contributed by atoms with Crippen LogP contribution in [-0.2, 0) is 15.0 Å². The van der Waals surface area contributed by atoms with E-state index in [-0.39, 0.29) is 5.41 Å². The normalized spacial score (nSPS) is 10.2. The molecule has 28 heavy (non-hydrogen) atoms. The van der Waals surface area contributed by atoms with E-state index in [0.29, 0.717) is 16.9 Å². The van der Waals surface area contributed by atoms with Crippen LogP contribution in [0.1, 0.15) is 38.8 Å². The second kappa shape index (κ2) is 10.3. The van der Waals surface area contributed by atoms with E-state index in [4.69, 9.17) is 9.47 Å². The number of hydrogen-bond acceptors (Lipinski definition) is 4. The van der Waals surface area contributed by atoms with E-state index in [0.717, 1.165) is 17.6 Å². The van der Waals surface area contributed by atoms with Gasteiger partial charge in [-0.25, -0.2) is 4.79 Å². The summed E-state index contributed by atoms with van der Waals surface area (Å²) in [5, 5.41) is 0. The molecule has 2 aromatic carbocycles. The first-order valence-corrected chi connectivity index (χ1v) is 8.85.